The summed E-state index contributed by atoms with van der Waals surface area (Å²) in [6.07, 6.45) is 0.891. The molecule has 1 amide bonds. The maximum atomic E-state index is 12.0. The van der Waals surface area contributed by atoms with Gasteiger partial charge in [0.25, 0.3) is 0 Å². The van der Waals surface area contributed by atoms with Gasteiger partial charge in [0, 0.05) is 18.1 Å². The van der Waals surface area contributed by atoms with Crippen molar-refractivity contribution >= 4 is 5.91 Å². The van der Waals surface area contributed by atoms with Gasteiger partial charge in [-0.15, -0.1) is 0 Å². The Hall–Kier alpha value is -1.39. The Balaban J connectivity index is 2.11. The van der Waals surface area contributed by atoms with Crippen LogP contribution in [0.3, 0.4) is 0 Å². The third-order valence-electron chi connectivity index (χ3n) is 3.87. The number of benzene rings is 1. The van der Waals surface area contributed by atoms with Crippen LogP contribution in [0.15, 0.2) is 24.3 Å². The first kappa shape index (κ1) is 15.0. The minimum atomic E-state index is 0.0819. The Morgan fingerprint density at radius 3 is 2.65 bits per heavy atom. The molecule has 1 aromatic carbocycles. The van der Waals surface area contributed by atoms with Gasteiger partial charge in [-0.25, -0.2) is 0 Å². The molecule has 20 heavy (non-hydrogen) atoms. The first-order valence-corrected chi connectivity index (χ1v) is 7.40. The van der Waals surface area contributed by atoms with Crippen LogP contribution in [0.2, 0.25) is 0 Å². The molecule has 1 aromatic rings. The van der Waals surface area contributed by atoms with Crippen molar-refractivity contribution in [1.82, 2.24) is 10.2 Å². The highest BCUT2D eigenvalue weighted by molar-refractivity contribution is 5.78. The smallest absolute Gasteiger partial charge is 0.234 e. The second-order valence-electron chi connectivity index (χ2n) is 5.77. The molecule has 0 bridgehead atoms. The highest BCUT2D eigenvalue weighted by Gasteiger charge is 2.32. The lowest BCUT2D eigenvalue weighted by atomic mass is 10.1. The summed E-state index contributed by atoms with van der Waals surface area (Å²) in [7, 11) is 0. The van der Waals surface area contributed by atoms with Gasteiger partial charge in [0.15, 0.2) is 0 Å². The molecule has 0 fully saturated rings. The molecule has 2 atom stereocenters. The van der Waals surface area contributed by atoms with Crippen molar-refractivity contribution in [2.75, 3.05) is 13.1 Å². The molecule has 1 aliphatic rings. The van der Waals surface area contributed by atoms with E-state index in [1.807, 2.05) is 26.0 Å². The second-order valence-corrected chi connectivity index (χ2v) is 5.77. The topological polar surface area (TPSA) is 58.4 Å². The average molecular weight is 275 g/mol. The third kappa shape index (κ3) is 3.19. The van der Waals surface area contributed by atoms with Gasteiger partial charge >= 0.3 is 0 Å². The van der Waals surface area contributed by atoms with Crippen molar-refractivity contribution < 1.29 is 4.79 Å². The van der Waals surface area contributed by atoms with Crippen LogP contribution < -0.4 is 11.1 Å². The van der Waals surface area contributed by atoms with Gasteiger partial charge in [-0.1, -0.05) is 31.2 Å². The van der Waals surface area contributed by atoms with Crippen LogP contribution in [0.4, 0.5) is 0 Å². The van der Waals surface area contributed by atoms with E-state index < -0.39 is 0 Å². The normalized spacial score (nSPS) is 21.3. The lowest BCUT2D eigenvalue weighted by Crippen LogP contribution is -2.41. The molecule has 0 saturated carbocycles. The number of fused-ring (bicyclic) bond motifs is 1. The number of amides is 1. The van der Waals surface area contributed by atoms with Crippen LogP contribution in [-0.2, 0) is 4.79 Å². The number of nitrogens with one attached hydrogen (secondary N) is 1. The van der Waals surface area contributed by atoms with Crippen LogP contribution in [-0.4, -0.2) is 29.9 Å². The van der Waals surface area contributed by atoms with Crippen molar-refractivity contribution in [2.24, 2.45) is 5.73 Å². The van der Waals surface area contributed by atoms with E-state index in [0.29, 0.717) is 6.54 Å². The predicted octanol–water partition coefficient (Wildman–Crippen LogP) is 1.98. The zero-order valence-electron chi connectivity index (χ0n) is 12.6. The Kier molecular flexibility index (Phi) is 4.78. The number of hydrogen-bond donors (Lipinski definition) is 2. The number of hydrogen-bond acceptors (Lipinski definition) is 3. The van der Waals surface area contributed by atoms with Crippen molar-refractivity contribution in [3.05, 3.63) is 35.4 Å². The van der Waals surface area contributed by atoms with E-state index in [9.17, 15) is 4.79 Å². The Morgan fingerprint density at radius 1 is 1.40 bits per heavy atom. The zero-order chi connectivity index (χ0) is 14.7. The molecule has 2 unspecified atom stereocenters. The highest BCUT2D eigenvalue weighted by atomic mass is 16.2. The Morgan fingerprint density at radius 2 is 2.05 bits per heavy atom. The summed E-state index contributed by atoms with van der Waals surface area (Å²) in [6, 6.07) is 8.83. The summed E-state index contributed by atoms with van der Waals surface area (Å²) in [5.74, 6) is 0.0832. The summed E-state index contributed by atoms with van der Waals surface area (Å²) in [5, 5.41) is 2.95. The fourth-order valence-electron chi connectivity index (χ4n) is 2.99. The molecule has 2 rings (SSSR count). The van der Waals surface area contributed by atoms with E-state index >= 15 is 0 Å². The molecule has 0 radical (unpaired) electrons. The SMILES string of the molecule is CCN(CC(=O)NC(C)C)C1CC(N)c2ccccc21. The fraction of sp³-hybridized carbons (Fsp3) is 0.562. The van der Waals surface area contributed by atoms with Gasteiger partial charge < -0.3 is 11.1 Å². The number of nitrogens with zero attached hydrogens (tertiary/aromatic N) is 1. The molecule has 0 heterocycles. The first-order valence-electron chi connectivity index (χ1n) is 7.40. The molecule has 4 heteroatoms. The number of rotatable bonds is 5. The van der Waals surface area contributed by atoms with Gasteiger partial charge in [0.1, 0.15) is 0 Å². The fourth-order valence-corrected chi connectivity index (χ4v) is 2.99. The minimum Gasteiger partial charge on any atom is -0.353 e. The number of carbonyl (C=O) groups excluding carboxylic acids is 1. The van der Waals surface area contributed by atoms with Crippen molar-refractivity contribution in [3.63, 3.8) is 0 Å². The molecular weight excluding hydrogens is 250 g/mol. The van der Waals surface area contributed by atoms with Crippen LogP contribution >= 0.6 is 0 Å². The van der Waals surface area contributed by atoms with E-state index in [4.69, 9.17) is 5.73 Å². The highest BCUT2D eigenvalue weighted by Crippen LogP contribution is 2.40. The molecule has 0 aromatic heterocycles. The number of likely N-dealkylation sites (N-methyl/N-ethyl adjacent to an activating group) is 1. The van der Waals surface area contributed by atoms with Crippen LogP contribution in [0, 0.1) is 0 Å². The quantitative estimate of drug-likeness (QED) is 0.864. The summed E-state index contributed by atoms with van der Waals surface area (Å²) >= 11 is 0. The molecular formula is C16H25N3O. The predicted molar refractivity (Wildman–Crippen MR) is 81.3 cm³/mol. The zero-order valence-corrected chi connectivity index (χ0v) is 12.6. The number of carbonyl (C=O) groups is 1. The molecule has 110 valence electrons. The van der Waals surface area contributed by atoms with Crippen molar-refractivity contribution in [1.29, 1.82) is 0 Å². The van der Waals surface area contributed by atoms with Gasteiger partial charge in [0.05, 0.1) is 6.54 Å². The summed E-state index contributed by atoms with van der Waals surface area (Å²) < 4.78 is 0. The summed E-state index contributed by atoms with van der Waals surface area (Å²) in [6.45, 7) is 7.33. The maximum Gasteiger partial charge on any atom is 0.234 e. The van der Waals surface area contributed by atoms with Crippen LogP contribution in [0.1, 0.15) is 50.4 Å². The van der Waals surface area contributed by atoms with Gasteiger partial charge in [-0.2, -0.15) is 0 Å². The van der Waals surface area contributed by atoms with Gasteiger partial charge in [-0.05, 0) is 37.9 Å². The van der Waals surface area contributed by atoms with Crippen LogP contribution in [0.25, 0.3) is 0 Å². The molecule has 1 aliphatic carbocycles. The molecule has 0 spiro atoms. The lowest BCUT2D eigenvalue weighted by molar-refractivity contribution is -0.123. The minimum absolute atomic E-state index is 0.0819. The summed E-state index contributed by atoms with van der Waals surface area (Å²) in [5.41, 5.74) is 8.71. The number of nitrogens with two attached hydrogens (primary N) is 1. The maximum absolute atomic E-state index is 12.0. The molecule has 0 aliphatic heterocycles. The largest absolute Gasteiger partial charge is 0.353 e. The molecule has 4 nitrogen and oxygen atoms in total. The van der Waals surface area contributed by atoms with E-state index in [2.05, 4.69) is 29.3 Å². The van der Waals surface area contributed by atoms with E-state index in [1.54, 1.807) is 0 Å². The molecule has 3 N–H and O–H groups in total. The summed E-state index contributed by atoms with van der Waals surface area (Å²) in [4.78, 5) is 14.2. The second kappa shape index (κ2) is 6.37. The van der Waals surface area contributed by atoms with E-state index in [0.717, 1.165) is 13.0 Å². The van der Waals surface area contributed by atoms with Crippen molar-refractivity contribution in [2.45, 2.75) is 45.3 Å². The first-order chi connectivity index (χ1) is 9.52. The Bertz CT molecular complexity index is 473. The standard InChI is InChI=1S/C16H25N3O/c1-4-19(10-16(20)18-11(2)3)15-9-14(17)12-7-5-6-8-13(12)15/h5-8,11,14-15H,4,9-10,17H2,1-3H3,(H,18,20). The third-order valence-corrected chi connectivity index (χ3v) is 3.87. The Labute approximate surface area is 121 Å². The van der Waals surface area contributed by atoms with E-state index in [-0.39, 0.29) is 24.0 Å². The van der Waals surface area contributed by atoms with Gasteiger partial charge in [0.2, 0.25) is 5.91 Å². The van der Waals surface area contributed by atoms with Gasteiger partial charge in [-0.3, -0.25) is 9.69 Å². The van der Waals surface area contributed by atoms with Crippen molar-refractivity contribution in [3.8, 4) is 0 Å². The average Bonchev–Trinajstić information content (AvgIpc) is 2.73. The monoisotopic (exact) mass is 275 g/mol. The lowest BCUT2D eigenvalue weighted by Gasteiger charge is -2.28. The molecule has 0 saturated heterocycles. The van der Waals surface area contributed by atoms with Crippen LogP contribution in [0.5, 0.6) is 0 Å². The van der Waals surface area contributed by atoms with E-state index in [1.165, 1.54) is 11.1 Å².